The van der Waals surface area contributed by atoms with Gasteiger partial charge in [-0.3, -0.25) is 0 Å². The molecule has 0 bridgehead atoms. The van der Waals surface area contributed by atoms with Gasteiger partial charge in [0.15, 0.2) is 0 Å². The van der Waals surface area contributed by atoms with Crippen molar-refractivity contribution >= 4 is 0 Å². The van der Waals surface area contributed by atoms with Crippen LogP contribution in [0.5, 0.6) is 0 Å². The van der Waals surface area contributed by atoms with Crippen LogP contribution in [-0.2, 0) is 0 Å². The highest BCUT2D eigenvalue weighted by atomic mass is 14.1. The van der Waals surface area contributed by atoms with E-state index >= 15 is 0 Å². The molecule has 19 heavy (non-hydrogen) atoms. The Hall–Kier alpha value is -0.520. The van der Waals surface area contributed by atoms with Crippen LogP contribution in [0.2, 0.25) is 0 Å². The Balaban J connectivity index is 3.33. The van der Waals surface area contributed by atoms with E-state index in [4.69, 9.17) is 0 Å². The molecule has 0 nitrogen and oxygen atoms in total. The topological polar surface area (TPSA) is 0 Å². The summed E-state index contributed by atoms with van der Waals surface area (Å²) in [4.78, 5) is 0. The van der Waals surface area contributed by atoms with Crippen molar-refractivity contribution in [3.63, 3.8) is 0 Å². The predicted octanol–water partition coefficient (Wildman–Crippen LogP) is 7.07. The Morgan fingerprint density at radius 1 is 1.00 bits per heavy atom. The molecule has 0 aromatic carbocycles. The Morgan fingerprint density at radius 3 is 2.26 bits per heavy atom. The first kappa shape index (κ1) is 18.5. The van der Waals surface area contributed by atoms with Crippen molar-refractivity contribution in [1.82, 2.24) is 0 Å². The van der Waals surface area contributed by atoms with Crippen LogP contribution in [0.15, 0.2) is 24.3 Å². The Morgan fingerprint density at radius 2 is 1.63 bits per heavy atom. The zero-order valence-electron chi connectivity index (χ0n) is 13.7. The van der Waals surface area contributed by atoms with Crippen LogP contribution >= 0.6 is 0 Å². The highest BCUT2D eigenvalue weighted by Crippen LogP contribution is 2.19. The quantitative estimate of drug-likeness (QED) is 0.246. The molecule has 112 valence electrons. The third-order valence-electron chi connectivity index (χ3n) is 3.92. The van der Waals surface area contributed by atoms with E-state index in [0.717, 1.165) is 12.3 Å². The zero-order valence-corrected chi connectivity index (χ0v) is 13.7. The van der Waals surface area contributed by atoms with E-state index in [1.807, 2.05) is 0 Å². The fourth-order valence-electron chi connectivity index (χ4n) is 2.50. The van der Waals surface area contributed by atoms with Crippen molar-refractivity contribution in [2.24, 2.45) is 5.92 Å². The minimum Gasteiger partial charge on any atom is -0.0995 e. The lowest BCUT2D eigenvalue weighted by Gasteiger charge is -2.11. The molecular formula is C19H36. The van der Waals surface area contributed by atoms with Gasteiger partial charge < -0.3 is 0 Å². The summed E-state index contributed by atoms with van der Waals surface area (Å²) in [5.74, 6) is 0.922. The molecule has 0 fully saturated rings. The van der Waals surface area contributed by atoms with Crippen LogP contribution in [-0.4, -0.2) is 0 Å². The lowest BCUT2D eigenvalue weighted by molar-refractivity contribution is 0.438. The SMILES string of the molecule is C=C(CC=CC)CCCCC(C)CCCCCCC. The van der Waals surface area contributed by atoms with Crippen LogP contribution in [0.25, 0.3) is 0 Å². The standard InChI is InChI=1S/C19H36/c1-5-7-9-10-11-15-19(4)17-13-12-16-18(3)14-8-6-2/h6,8,19H,3,5,7,9-17H2,1-2,4H3. The predicted molar refractivity (Wildman–Crippen MR) is 89.6 cm³/mol. The summed E-state index contributed by atoms with van der Waals surface area (Å²) >= 11 is 0. The van der Waals surface area contributed by atoms with Crippen LogP contribution in [0, 0.1) is 5.92 Å². The van der Waals surface area contributed by atoms with E-state index in [1.165, 1.54) is 69.8 Å². The molecule has 0 heteroatoms. The molecule has 0 radical (unpaired) electrons. The summed E-state index contributed by atoms with van der Waals surface area (Å²) in [6.45, 7) is 10.9. The number of hydrogen-bond donors (Lipinski definition) is 0. The molecule has 0 aliphatic heterocycles. The highest BCUT2D eigenvalue weighted by Gasteiger charge is 2.02. The van der Waals surface area contributed by atoms with E-state index in [9.17, 15) is 0 Å². The van der Waals surface area contributed by atoms with Gasteiger partial charge in [-0.05, 0) is 32.1 Å². The van der Waals surface area contributed by atoms with Crippen molar-refractivity contribution < 1.29 is 0 Å². The number of hydrogen-bond acceptors (Lipinski definition) is 0. The highest BCUT2D eigenvalue weighted by molar-refractivity contribution is 5.01. The average Bonchev–Trinajstić information content (AvgIpc) is 2.41. The van der Waals surface area contributed by atoms with Crippen molar-refractivity contribution in [3.8, 4) is 0 Å². The maximum Gasteiger partial charge on any atom is -0.0142 e. The van der Waals surface area contributed by atoms with E-state index in [-0.39, 0.29) is 0 Å². The molecule has 0 heterocycles. The molecule has 0 rings (SSSR count). The smallest absolute Gasteiger partial charge is 0.0142 e. The molecule has 0 amide bonds. The van der Waals surface area contributed by atoms with E-state index in [1.54, 1.807) is 0 Å². The summed E-state index contributed by atoms with van der Waals surface area (Å²) in [5, 5.41) is 0. The summed E-state index contributed by atoms with van der Waals surface area (Å²) < 4.78 is 0. The molecule has 0 saturated heterocycles. The Bertz CT molecular complexity index is 224. The average molecular weight is 264 g/mol. The first-order chi connectivity index (χ1) is 9.20. The zero-order chi connectivity index (χ0) is 14.3. The minimum absolute atomic E-state index is 0.922. The molecule has 0 N–H and O–H groups in total. The monoisotopic (exact) mass is 264 g/mol. The number of unbranched alkanes of at least 4 members (excludes halogenated alkanes) is 5. The van der Waals surface area contributed by atoms with E-state index in [0.29, 0.717) is 0 Å². The molecule has 0 spiro atoms. The largest absolute Gasteiger partial charge is 0.0995 e. The molecule has 0 aliphatic carbocycles. The van der Waals surface area contributed by atoms with Gasteiger partial charge >= 0.3 is 0 Å². The normalized spacial score (nSPS) is 13.0. The lowest BCUT2D eigenvalue weighted by Crippen LogP contribution is -1.95. The van der Waals surface area contributed by atoms with Gasteiger partial charge in [-0.2, -0.15) is 0 Å². The molecular weight excluding hydrogens is 228 g/mol. The molecule has 0 aliphatic rings. The number of rotatable bonds is 13. The minimum atomic E-state index is 0.922. The molecule has 1 atom stereocenters. The van der Waals surface area contributed by atoms with Crippen LogP contribution < -0.4 is 0 Å². The van der Waals surface area contributed by atoms with E-state index < -0.39 is 0 Å². The van der Waals surface area contributed by atoms with Gasteiger partial charge in [-0.25, -0.2) is 0 Å². The van der Waals surface area contributed by atoms with Gasteiger partial charge in [-0.1, -0.05) is 89.5 Å². The van der Waals surface area contributed by atoms with Gasteiger partial charge in [0, 0.05) is 0 Å². The fraction of sp³-hybridized carbons (Fsp3) is 0.789. The second kappa shape index (κ2) is 13.9. The van der Waals surface area contributed by atoms with Crippen molar-refractivity contribution in [3.05, 3.63) is 24.3 Å². The first-order valence-corrected chi connectivity index (χ1v) is 8.48. The van der Waals surface area contributed by atoms with Crippen LogP contribution in [0.3, 0.4) is 0 Å². The van der Waals surface area contributed by atoms with Crippen molar-refractivity contribution in [1.29, 1.82) is 0 Å². The number of allylic oxidation sites excluding steroid dienone is 3. The first-order valence-electron chi connectivity index (χ1n) is 8.48. The maximum atomic E-state index is 4.14. The van der Waals surface area contributed by atoms with Gasteiger partial charge in [-0.15, -0.1) is 0 Å². The third kappa shape index (κ3) is 13.7. The summed E-state index contributed by atoms with van der Waals surface area (Å²) in [7, 11) is 0. The summed E-state index contributed by atoms with van der Waals surface area (Å²) in [6, 6.07) is 0. The summed E-state index contributed by atoms with van der Waals surface area (Å²) in [5.41, 5.74) is 1.39. The van der Waals surface area contributed by atoms with Gasteiger partial charge in [0.05, 0.1) is 0 Å². The third-order valence-corrected chi connectivity index (χ3v) is 3.92. The second-order valence-corrected chi connectivity index (χ2v) is 6.08. The van der Waals surface area contributed by atoms with Crippen molar-refractivity contribution in [2.45, 2.75) is 91.4 Å². The Labute approximate surface area is 122 Å². The van der Waals surface area contributed by atoms with E-state index in [2.05, 4.69) is 39.5 Å². The van der Waals surface area contributed by atoms with Crippen LogP contribution in [0.4, 0.5) is 0 Å². The Kier molecular flexibility index (Phi) is 13.5. The fourth-order valence-corrected chi connectivity index (χ4v) is 2.50. The molecule has 0 aromatic rings. The lowest BCUT2D eigenvalue weighted by atomic mass is 9.95. The molecule has 0 aromatic heterocycles. The molecule has 1 unspecified atom stereocenters. The molecule has 0 saturated carbocycles. The van der Waals surface area contributed by atoms with Gasteiger partial charge in [0.2, 0.25) is 0 Å². The maximum absolute atomic E-state index is 4.14. The van der Waals surface area contributed by atoms with Crippen LogP contribution in [0.1, 0.15) is 91.4 Å². The van der Waals surface area contributed by atoms with Gasteiger partial charge in [0.25, 0.3) is 0 Å². The summed E-state index contributed by atoms with van der Waals surface area (Å²) in [6.07, 6.45) is 19.3. The second-order valence-electron chi connectivity index (χ2n) is 6.08. The van der Waals surface area contributed by atoms with Crippen molar-refractivity contribution in [2.75, 3.05) is 0 Å². The van der Waals surface area contributed by atoms with Gasteiger partial charge in [0.1, 0.15) is 0 Å².